The molecular formula is C32H30Cl2FN5O3. The minimum Gasteiger partial charge on any atom is -0.465 e. The number of imidazole rings is 1. The zero-order valence-electron chi connectivity index (χ0n) is 23.9. The lowest BCUT2D eigenvalue weighted by atomic mass is 9.59. The molecule has 6 atom stereocenters. The average Bonchev–Trinajstić information content (AvgIpc) is 3.43. The van der Waals surface area contributed by atoms with Gasteiger partial charge in [-0.2, -0.15) is 0 Å². The van der Waals surface area contributed by atoms with E-state index in [0.29, 0.717) is 40.8 Å². The lowest BCUT2D eigenvalue weighted by molar-refractivity contribution is -0.132. The van der Waals surface area contributed by atoms with Crippen LogP contribution >= 0.6 is 23.2 Å². The van der Waals surface area contributed by atoms with Gasteiger partial charge in [-0.05, 0) is 49.4 Å². The molecule has 1 N–H and O–H groups in total. The summed E-state index contributed by atoms with van der Waals surface area (Å²) in [6.07, 6.45) is 6.45. The van der Waals surface area contributed by atoms with Gasteiger partial charge in [0.25, 0.3) is 0 Å². The third-order valence-corrected chi connectivity index (χ3v) is 11.0. The number of halogens is 3. The van der Waals surface area contributed by atoms with E-state index in [-0.39, 0.29) is 23.0 Å². The number of aliphatic imine (C=N–C) groups is 1. The number of nitrogens with zero attached hydrogens (tertiary/aromatic N) is 4. The van der Waals surface area contributed by atoms with Crippen molar-refractivity contribution in [1.82, 2.24) is 14.3 Å². The summed E-state index contributed by atoms with van der Waals surface area (Å²) in [6, 6.07) is 7.13. The van der Waals surface area contributed by atoms with Crippen molar-refractivity contribution in [3.8, 4) is 0 Å². The van der Waals surface area contributed by atoms with E-state index in [1.807, 2.05) is 30.5 Å². The Labute approximate surface area is 257 Å². The van der Waals surface area contributed by atoms with Gasteiger partial charge in [0.2, 0.25) is 5.91 Å². The van der Waals surface area contributed by atoms with Gasteiger partial charge in [0.15, 0.2) is 6.17 Å². The van der Waals surface area contributed by atoms with Crippen molar-refractivity contribution < 1.29 is 18.7 Å². The van der Waals surface area contributed by atoms with E-state index in [2.05, 4.69) is 15.2 Å². The molecule has 11 heteroatoms. The normalized spacial score (nSPS) is 32.6. The summed E-state index contributed by atoms with van der Waals surface area (Å²) in [6.45, 7) is 4.44. The van der Waals surface area contributed by atoms with Crippen LogP contribution < -0.4 is 5.32 Å². The Morgan fingerprint density at radius 3 is 2.79 bits per heavy atom. The first kappa shape index (κ1) is 27.3. The van der Waals surface area contributed by atoms with Crippen molar-refractivity contribution in [2.75, 3.05) is 19.0 Å². The van der Waals surface area contributed by atoms with E-state index >= 15 is 4.39 Å². The Bertz CT molecular complexity index is 1820. The summed E-state index contributed by atoms with van der Waals surface area (Å²) in [5, 5.41) is 3.52. The molecule has 0 radical (unpaired) electrons. The molecule has 1 amide bonds. The number of fused-ring (bicyclic) bond motifs is 7. The smallest absolute Gasteiger partial charge is 0.338 e. The topological polar surface area (TPSA) is 88.3 Å². The first-order valence-electron chi connectivity index (χ1n) is 14.6. The van der Waals surface area contributed by atoms with Crippen LogP contribution in [0.3, 0.4) is 0 Å². The predicted molar refractivity (Wildman–Crippen MR) is 162 cm³/mol. The lowest BCUT2D eigenvalue weighted by Crippen LogP contribution is -2.58. The van der Waals surface area contributed by atoms with Crippen molar-refractivity contribution in [2.45, 2.75) is 56.8 Å². The number of nitrogens with one attached hydrogen (secondary N) is 1. The number of likely N-dealkylation sites (tertiary alicyclic amines) is 1. The van der Waals surface area contributed by atoms with Crippen molar-refractivity contribution in [3.05, 3.63) is 75.8 Å². The molecule has 8 nitrogen and oxygen atoms in total. The molecule has 3 aromatic rings. The van der Waals surface area contributed by atoms with E-state index < -0.39 is 29.0 Å². The van der Waals surface area contributed by atoms with Crippen LogP contribution in [0.1, 0.15) is 58.6 Å². The van der Waals surface area contributed by atoms with E-state index in [1.165, 1.54) is 7.11 Å². The summed E-state index contributed by atoms with van der Waals surface area (Å²) in [5.41, 5.74) is 2.75. The number of methoxy groups -OCH3 is 1. The molecule has 43 heavy (non-hydrogen) atoms. The lowest BCUT2D eigenvalue weighted by Gasteiger charge is -2.47. The third-order valence-electron chi connectivity index (χ3n) is 10.5. The van der Waals surface area contributed by atoms with E-state index in [9.17, 15) is 9.59 Å². The van der Waals surface area contributed by atoms with Gasteiger partial charge in [-0.3, -0.25) is 9.69 Å². The maximum Gasteiger partial charge on any atom is 0.338 e. The number of amides is 1. The van der Waals surface area contributed by atoms with Crippen LogP contribution in [-0.2, 0) is 21.5 Å². The molecule has 3 aliphatic heterocycles. The SMILES string of the molecule is COC(=O)c1cc2nc3c(n2cc1C)C[C@H]1[C@@H]3[C@H](C2(C)C=CN=C(Cl)C2F)[C@]2(C(=O)Nc3cc(Cl)ccc32)N1CC1CC1. The molecular weight excluding hydrogens is 592 g/mol. The van der Waals surface area contributed by atoms with Crippen molar-refractivity contribution in [3.63, 3.8) is 0 Å². The zero-order valence-corrected chi connectivity index (χ0v) is 25.4. The Morgan fingerprint density at radius 1 is 1.26 bits per heavy atom. The van der Waals surface area contributed by atoms with Crippen LogP contribution in [-0.4, -0.2) is 57.2 Å². The maximum absolute atomic E-state index is 16.6. The second kappa shape index (κ2) is 9.13. The Balaban J connectivity index is 1.40. The Morgan fingerprint density at radius 2 is 2.05 bits per heavy atom. The largest absolute Gasteiger partial charge is 0.465 e. The first-order valence-corrected chi connectivity index (χ1v) is 15.4. The molecule has 2 unspecified atom stereocenters. The van der Waals surface area contributed by atoms with Crippen LogP contribution in [0, 0.1) is 24.2 Å². The fourth-order valence-corrected chi connectivity index (χ4v) is 8.93. The van der Waals surface area contributed by atoms with Crippen LogP contribution in [0.2, 0.25) is 5.02 Å². The average molecular weight is 623 g/mol. The molecule has 8 rings (SSSR count). The molecule has 1 spiro atoms. The second-order valence-corrected chi connectivity index (χ2v) is 13.6. The van der Waals surface area contributed by atoms with Crippen LogP contribution in [0.5, 0.6) is 0 Å². The molecule has 2 aromatic heterocycles. The number of aromatic nitrogens is 2. The highest BCUT2D eigenvalue weighted by Gasteiger charge is 2.73. The molecule has 1 saturated carbocycles. The second-order valence-electron chi connectivity index (χ2n) is 12.8. The van der Waals surface area contributed by atoms with Crippen LogP contribution in [0.25, 0.3) is 5.65 Å². The van der Waals surface area contributed by atoms with Crippen LogP contribution in [0.15, 0.2) is 47.7 Å². The van der Waals surface area contributed by atoms with Crippen molar-refractivity contribution >= 4 is 51.6 Å². The molecule has 2 fully saturated rings. The number of carbonyl (C=O) groups is 2. The molecule has 1 saturated heterocycles. The summed E-state index contributed by atoms with van der Waals surface area (Å²) < 4.78 is 23.6. The van der Waals surface area contributed by atoms with Crippen molar-refractivity contribution in [1.29, 1.82) is 0 Å². The van der Waals surface area contributed by atoms with Gasteiger partial charge < -0.3 is 14.5 Å². The van der Waals surface area contributed by atoms with Gasteiger partial charge in [-0.1, -0.05) is 42.3 Å². The van der Waals surface area contributed by atoms with Gasteiger partial charge in [-0.15, -0.1) is 0 Å². The summed E-state index contributed by atoms with van der Waals surface area (Å²) in [4.78, 5) is 38.7. The monoisotopic (exact) mass is 621 g/mol. The molecule has 1 aromatic carbocycles. The first-order chi connectivity index (χ1) is 20.6. The number of carbonyl (C=O) groups excluding carboxylic acids is 2. The summed E-state index contributed by atoms with van der Waals surface area (Å²) >= 11 is 12.8. The molecule has 222 valence electrons. The molecule has 5 aliphatic rings. The number of benzene rings is 1. The minimum atomic E-state index is -1.62. The van der Waals surface area contributed by atoms with Crippen molar-refractivity contribution in [2.24, 2.45) is 22.2 Å². The van der Waals surface area contributed by atoms with Gasteiger partial charge in [0.1, 0.15) is 16.4 Å². The number of alkyl halides is 1. The number of hydrogen-bond donors (Lipinski definition) is 1. The van der Waals surface area contributed by atoms with Crippen LogP contribution in [0.4, 0.5) is 10.1 Å². The highest BCUT2D eigenvalue weighted by atomic mass is 35.5. The number of pyridine rings is 1. The number of ether oxygens (including phenoxy) is 1. The number of esters is 1. The zero-order chi connectivity index (χ0) is 30.0. The molecule has 5 heterocycles. The maximum atomic E-state index is 16.6. The summed E-state index contributed by atoms with van der Waals surface area (Å²) in [5.74, 6) is -1.05. The van der Waals surface area contributed by atoms with E-state index in [0.717, 1.165) is 35.4 Å². The Kier molecular flexibility index (Phi) is 5.79. The van der Waals surface area contributed by atoms with Gasteiger partial charge in [0.05, 0.1) is 18.4 Å². The van der Waals surface area contributed by atoms with Gasteiger partial charge >= 0.3 is 5.97 Å². The molecule has 2 aliphatic carbocycles. The van der Waals surface area contributed by atoms with Gasteiger partial charge in [-0.25, -0.2) is 19.2 Å². The fourth-order valence-electron chi connectivity index (χ4n) is 8.46. The predicted octanol–water partition coefficient (Wildman–Crippen LogP) is 5.79. The van der Waals surface area contributed by atoms with E-state index in [4.69, 9.17) is 32.9 Å². The number of allylic oxidation sites excluding steroid dienone is 1. The van der Waals surface area contributed by atoms with Gasteiger partial charge in [0, 0.05) is 70.6 Å². The molecule has 0 bridgehead atoms. The Hall–Kier alpha value is -3.27. The quantitative estimate of drug-likeness (QED) is 0.373. The fraction of sp³-hybridized carbons (Fsp3) is 0.438. The highest BCUT2D eigenvalue weighted by molar-refractivity contribution is 6.66. The number of aryl methyl sites for hydroxylation is 1. The highest BCUT2D eigenvalue weighted by Crippen LogP contribution is 2.67. The third kappa shape index (κ3) is 3.53. The number of anilines is 1. The standard InChI is InChI=1S/C32H30Cl2FN5O3/c1-15-13-39-22-12-21-24(25(22)38-23(39)11-18(15)29(41)43-3)26(31(2)8-9-36-28(34)27(31)35)32(40(21)14-16-4-5-16)19-7-6-17(33)10-20(19)37-30(32)42/h6-11,13,16,21,24,26-27H,4-5,12,14H2,1-3H3,(H,37,42)/t21-,24-,26+,27?,31?,32+/m0/s1. The minimum absolute atomic E-state index is 0.108. The number of rotatable bonds is 4. The number of hydrogen-bond acceptors (Lipinski definition) is 6. The summed E-state index contributed by atoms with van der Waals surface area (Å²) in [7, 11) is 1.36. The van der Waals surface area contributed by atoms with E-state index in [1.54, 1.807) is 30.5 Å².